The van der Waals surface area contributed by atoms with Crippen molar-refractivity contribution in [1.29, 1.82) is 0 Å². The number of hydrogen-bond donors (Lipinski definition) is 0. The lowest BCUT2D eigenvalue weighted by atomic mass is 9.79. The topological polar surface area (TPSA) is 121 Å². The third kappa shape index (κ3) is 7.77. The highest BCUT2D eigenvalue weighted by molar-refractivity contribution is 7.85. The molecule has 0 N–H and O–H groups in total. The zero-order chi connectivity index (χ0) is 37.5. The van der Waals surface area contributed by atoms with Gasteiger partial charge in [-0.3, -0.25) is 0 Å². The minimum Gasteiger partial charge on any atom is -0.748 e. The van der Waals surface area contributed by atoms with E-state index in [1.54, 1.807) is 0 Å². The number of fused-ring (bicyclic) bond motifs is 6. The Morgan fingerprint density at radius 1 is 0.750 bits per heavy atom. The standard InChI is InChI=1S/C41H45ClN2O6S2/c1-40(2)36(43(25-9-11-27-51(45,46)47)34-21-17-29-13-5-7-15-32(29)38(34)40)23-19-31(42)20-24-37-41(3,4)39-33-16-8-6-14-30(33)18-22-35(39)44(37)26-10-12-28-52(48,49)50/h5-8,13-24H,9-12,25-28H2,1-4H3,(H-,45,46,47,48,49,50)/p-1. The molecular weight excluding hydrogens is 716 g/mol. The minimum absolute atomic E-state index is 0.271. The van der Waals surface area contributed by atoms with Crippen molar-refractivity contribution in [2.24, 2.45) is 0 Å². The van der Waals surface area contributed by atoms with Gasteiger partial charge in [0.2, 0.25) is 5.69 Å². The van der Waals surface area contributed by atoms with Gasteiger partial charge in [-0.1, -0.05) is 80.0 Å². The summed E-state index contributed by atoms with van der Waals surface area (Å²) in [5.74, 6) is -0.790. The van der Waals surface area contributed by atoms with Gasteiger partial charge in [0.1, 0.15) is 6.54 Å². The fourth-order valence-corrected chi connectivity index (χ4v) is 9.26. The summed E-state index contributed by atoms with van der Waals surface area (Å²) in [6, 6.07) is 25.0. The average Bonchev–Trinajstić information content (AvgIpc) is 3.43. The molecule has 0 saturated carbocycles. The lowest BCUT2D eigenvalue weighted by Gasteiger charge is -2.27. The van der Waals surface area contributed by atoms with Gasteiger partial charge in [0.25, 0.3) is 0 Å². The molecule has 0 aromatic heterocycles. The van der Waals surface area contributed by atoms with Gasteiger partial charge in [0.15, 0.2) is 5.71 Å². The summed E-state index contributed by atoms with van der Waals surface area (Å²) in [5.41, 5.74) is 5.68. The van der Waals surface area contributed by atoms with E-state index in [-0.39, 0.29) is 12.8 Å². The normalized spacial score (nSPS) is 17.9. The first-order chi connectivity index (χ1) is 24.5. The highest BCUT2D eigenvalue weighted by Gasteiger charge is 2.45. The second kappa shape index (κ2) is 14.6. The molecule has 2 aliphatic rings. The molecule has 4 aromatic carbocycles. The molecule has 0 saturated heterocycles. The Morgan fingerprint density at radius 3 is 1.96 bits per heavy atom. The van der Waals surface area contributed by atoms with Crippen LogP contribution in [0.3, 0.4) is 0 Å². The summed E-state index contributed by atoms with van der Waals surface area (Å²) in [6.45, 7) is 9.80. The molecule has 2 heterocycles. The largest absolute Gasteiger partial charge is 0.748 e. The number of nitrogens with zero attached hydrogens (tertiary/aromatic N) is 2. The first kappa shape index (κ1) is 37.9. The van der Waals surface area contributed by atoms with Gasteiger partial charge in [-0.15, -0.1) is 0 Å². The molecule has 0 spiro atoms. The minimum atomic E-state index is -4.29. The van der Waals surface area contributed by atoms with E-state index in [4.69, 9.17) is 11.6 Å². The molecule has 2 aliphatic heterocycles. The quantitative estimate of drug-likeness (QED) is 0.0581. The molecule has 11 heteroatoms. The van der Waals surface area contributed by atoms with Gasteiger partial charge < -0.3 is 14.0 Å². The molecule has 8 nitrogen and oxygen atoms in total. The van der Waals surface area contributed by atoms with Crippen molar-refractivity contribution in [3.63, 3.8) is 0 Å². The molecule has 274 valence electrons. The van der Waals surface area contributed by atoms with Crippen LogP contribution in [0.2, 0.25) is 0 Å². The number of allylic oxidation sites excluding steroid dienone is 6. The van der Waals surface area contributed by atoms with Crippen LogP contribution in [0.15, 0.2) is 108 Å². The van der Waals surface area contributed by atoms with Gasteiger partial charge >= 0.3 is 0 Å². The van der Waals surface area contributed by atoms with Crippen LogP contribution in [0.25, 0.3) is 21.5 Å². The Labute approximate surface area is 312 Å². The molecule has 0 amide bonds. The van der Waals surface area contributed by atoms with Gasteiger partial charge in [-0.2, -0.15) is 4.58 Å². The predicted molar refractivity (Wildman–Crippen MR) is 210 cm³/mol. The SMILES string of the molecule is CC1(C)C(=CC=C(Cl)C=CC2=[N+](CCCCS(=O)(=O)[O-])c3ccc4ccccc4c3C2(C)C)N(CCCCS(=O)(=O)[O-])c2ccc3ccccc3c21. The number of hydrogen-bond acceptors (Lipinski definition) is 7. The number of halogens is 1. The number of anilines is 1. The molecule has 6 rings (SSSR count). The lowest BCUT2D eigenvalue weighted by Crippen LogP contribution is -2.28. The summed E-state index contributed by atoms with van der Waals surface area (Å²) >= 11 is 6.96. The van der Waals surface area contributed by atoms with Crippen LogP contribution in [-0.4, -0.2) is 60.8 Å². The Bertz CT molecular complexity index is 2390. The Balaban J connectivity index is 1.36. The van der Waals surface area contributed by atoms with E-state index in [1.807, 2.05) is 48.6 Å². The fourth-order valence-electron chi connectivity index (χ4n) is 8.02. The van der Waals surface area contributed by atoms with E-state index in [0.717, 1.165) is 44.3 Å². The third-order valence-electron chi connectivity index (χ3n) is 10.4. The molecule has 0 aliphatic carbocycles. The van der Waals surface area contributed by atoms with Gasteiger partial charge in [0, 0.05) is 64.0 Å². The van der Waals surface area contributed by atoms with Crippen LogP contribution in [0, 0.1) is 0 Å². The monoisotopic (exact) mass is 759 g/mol. The van der Waals surface area contributed by atoms with Crippen molar-refractivity contribution in [1.82, 2.24) is 0 Å². The van der Waals surface area contributed by atoms with Crippen LogP contribution in [-0.2, 0) is 31.1 Å². The molecule has 4 aromatic rings. The van der Waals surface area contributed by atoms with Gasteiger partial charge in [-0.25, -0.2) is 16.8 Å². The molecule has 0 fully saturated rings. The van der Waals surface area contributed by atoms with E-state index in [2.05, 4.69) is 85.7 Å². The van der Waals surface area contributed by atoms with E-state index >= 15 is 0 Å². The van der Waals surface area contributed by atoms with Crippen molar-refractivity contribution < 1.29 is 30.5 Å². The number of unbranched alkanes of at least 4 members (excludes halogenated alkanes) is 2. The van der Waals surface area contributed by atoms with Crippen molar-refractivity contribution >= 4 is 70.5 Å². The van der Waals surface area contributed by atoms with Crippen LogP contribution < -0.4 is 4.90 Å². The first-order valence-corrected chi connectivity index (χ1v) is 21.1. The zero-order valence-electron chi connectivity index (χ0n) is 29.9. The van der Waals surface area contributed by atoms with Crippen molar-refractivity contribution in [3.8, 4) is 0 Å². The molecule has 52 heavy (non-hydrogen) atoms. The van der Waals surface area contributed by atoms with E-state index in [0.29, 0.717) is 31.0 Å². The molecule has 0 atom stereocenters. The van der Waals surface area contributed by atoms with Gasteiger partial charge in [-0.05, 0) is 90.6 Å². The maximum atomic E-state index is 11.3. The molecule has 0 unspecified atom stereocenters. The van der Waals surface area contributed by atoms with Crippen LogP contribution >= 0.6 is 11.6 Å². The summed E-state index contributed by atoms with van der Waals surface area (Å²) < 4.78 is 70.1. The Hall–Kier alpha value is -3.80. The van der Waals surface area contributed by atoms with Crippen molar-refractivity contribution in [3.05, 3.63) is 119 Å². The Morgan fingerprint density at radius 2 is 1.33 bits per heavy atom. The molecule has 0 radical (unpaired) electrons. The third-order valence-corrected chi connectivity index (χ3v) is 12.2. The predicted octanol–water partition coefficient (Wildman–Crippen LogP) is 8.38. The number of rotatable bonds is 13. The zero-order valence-corrected chi connectivity index (χ0v) is 32.3. The summed E-state index contributed by atoms with van der Waals surface area (Å²) in [5, 5.41) is 5.07. The van der Waals surface area contributed by atoms with Crippen molar-refractivity contribution in [2.45, 2.75) is 64.2 Å². The highest BCUT2D eigenvalue weighted by atomic mass is 35.5. The summed E-state index contributed by atoms with van der Waals surface area (Å²) in [4.78, 5) is 2.21. The van der Waals surface area contributed by atoms with Crippen LogP contribution in [0.1, 0.15) is 64.5 Å². The summed E-state index contributed by atoms with van der Waals surface area (Å²) in [6.07, 6.45) is 9.41. The maximum Gasteiger partial charge on any atom is 0.210 e. The molecule has 0 bridgehead atoms. The number of benzene rings is 4. The maximum absolute atomic E-state index is 11.3. The van der Waals surface area contributed by atoms with Gasteiger partial charge in [0.05, 0.1) is 25.7 Å². The Kier molecular flexibility index (Phi) is 10.6. The lowest BCUT2D eigenvalue weighted by molar-refractivity contribution is -0.438. The highest BCUT2D eigenvalue weighted by Crippen LogP contribution is 2.51. The second-order valence-corrected chi connectivity index (χ2v) is 18.2. The van der Waals surface area contributed by atoms with E-state index < -0.39 is 42.6 Å². The first-order valence-electron chi connectivity index (χ1n) is 17.6. The second-order valence-electron chi connectivity index (χ2n) is 14.7. The van der Waals surface area contributed by atoms with Crippen LogP contribution in [0.4, 0.5) is 11.4 Å². The van der Waals surface area contributed by atoms with E-state index in [9.17, 15) is 25.9 Å². The fraction of sp³-hybridized carbons (Fsp3) is 0.341. The smallest absolute Gasteiger partial charge is 0.210 e. The average molecular weight is 760 g/mol. The van der Waals surface area contributed by atoms with E-state index in [1.165, 1.54) is 11.1 Å². The van der Waals surface area contributed by atoms with Crippen molar-refractivity contribution in [2.75, 3.05) is 29.5 Å². The molecular formula is C41H44ClN2O6S2-. The summed E-state index contributed by atoms with van der Waals surface area (Å²) in [7, 11) is -8.59. The van der Waals surface area contributed by atoms with Crippen LogP contribution in [0.5, 0.6) is 0 Å².